The summed E-state index contributed by atoms with van der Waals surface area (Å²) in [7, 11) is 0. The minimum atomic E-state index is -3.02. The molecule has 0 aliphatic heterocycles. The summed E-state index contributed by atoms with van der Waals surface area (Å²) in [6, 6.07) is -0.697. The molecule has 4 heteroatoms. The molecule has 0 aromatic rings. The number of thioether (sulfide) groups is 1. The molecule has 0 aromatic carbocycles. The van der Waals surface area contributed by atoms with Gasteiger partial charge in [-0.15, -0.1) is 11.8 Å². The minimum Gasteiger partial charge on any atom is -0.386 e. The van der Waals surface area contributed by atoms with Crippen LogP contribution in [-0.4, -0.2) is 34.4 Å². The molecule has 0 unspecified atom stereocenters. The molecule has 2 atom stereocenters. The second-order valence-electron chi connectivity index (χ2n) is 1.75. The van der Waals surface area contributed by atoms with Crippen LogP contribution >= 0.6 is 11.8 Å². The summed E-state index contributed by atoms with van der Waals surface area (Å²) in [5.74, 6) is -1.09. The molecule has 64 valence electrons. The lowest BCUT2D eigenvalue weighted by molar-refractivity contribution is -0.128. The largest absolute Gasteiger partial charge is 0.386 e. The van der Waals surface area contributed by atoms with E-state index in [0.717, 1.165) is 24.1 Å². The van der Waals surface area contributed by atoms with Crippen LogP contribution in [0.2, 0.25) is 0 Å². The lowest BCUT2D eigenvalue weighted by atomic mass is 10.1. The highest BCUT2D eigenvalue weighted by molar-refractivity contribution is 8.01. The molecule has 0 fully saturated rings. The highest BCUT2D eigenvalue weighted by Crippen LogP contribution is 2.01. The molecule has 0 spiro atoms. The molecule has 0 aromatic heterocycles. The maximum Gasteiger partial charge on any atom is 0.161 e. The monoisotopic (exact) mass is 179 g/mol. The Hall–Kier alpha value is -0.320. The number of hydrogen-bond acceptors (Lipinski definition) is 4. The van der Waals surface area contributed by atoms with Crippen LogP contribution in [-0.2, 0) is 4.79 Å². The number of carbonyl (C=O) groups is 1. The van der Waals surface area contributed by atoms with Gasteiger partial charge >= 0.3 is 0 Å². The summed E-state index contributed by atoms with van der Waals surface area (Å²) in [5.41, 5.74) is 0. The minimum absolute atomic E-state index is 0.697. The van der Waals surface area contributed by atoms with Crippen molar-refractivity contribution in [2.75, 3.05) is 6.26 Å². The van der Waals surface area contributed by atoms with E-state index < -0.39 is 24.0 Å². The molecule has 0 saturated carbocycles. The Labute approximate surface area is 74.3 Å². The molecular weight excluding hydrogens is 164 g/mol. The number of Topliss-reactive ketones (excluding diaryl/α,β-unsaturated/α-hetero) is 1. The molecule has 0 bridgehead atoms. The van der Waals surface area contributed by atoms with Gasteiger partial charge in [-0.2, -0.15) is 0 Å². The Morgan fingerprint density at radius 1 is 1.82 bits per heavy atom. The van der Waals surface area contributed by atoms with E-state index in [-0.39, 0.29) is 0 Å². The number of hydrogen-bond donors (Lipinski definition) is 2. The molecule has 11 heavy (non-hydrogen) atoms. The quantitative estimate of drug-likeness (QED) is 0.646. The van der Waals surface area contributed by atoms with Gasteiger partial charge in [0.05, 0.1) is 4.11 Å². The number of carbonyl (C=O) groups excluding carboxylic acids is 1. The smallest absolute Gasteiger partial charge is 0.161 e. The standard InChI is InChI=1S/C7H12O3S/c1-5(8)7(10)6(9)3-4-11-2/h3-4,6-7,9-10H,1-2H3/b4-3+/t6-,7+/m1/s1/i3D,6D,7D. The zero-order valence-electron chi connectivity index (χ0n) is 9.29. The predicted octanol–water partition coefficient (Wildman–Crippen LogP) is 0.174. The van der Waals surface area contributed by atoms with Crippen LogP contribution in [0.25, 0.3) is 0 Å². The van der Waals surface area contributed by atoms with E-state index in [4.69, 9.17) is 4.11 Å². The van der Waals surface area contributed by atoms with Crippen LogP contribution in [0.3, 0.4) is 0 Å². The predicted molar refractivity (Wildman–Crippen MR) is 45.3 cm³/mol. The first-order valence-electron chi connectivity index (χ1n) is 4.33. The van der Waals surface area contributed by atoms with E-state index >= 15 is 0 Å². The lowest BCUT2D eigenvalue weighted by Crippen LogP contribution is -2.30. The van der Waals surface area contributed by atoms with E-state index in [1.54, 1.807) is 6.26 Å². The van der Waals surface area contributed by atoms with Crippen molar-refractivity contribution in [3.63, 3.8) is 0 Å². The van der Waals surface area contributed by atoms with Crippen LogP contribution in [0.5, 0.6) is 0 Å². The lowest BCUT2D eigenvalue weighted by Gasteiger charge is -2.09. The van der Waals surface area contributed by atoms with Crippen LogP contribution in [0.1, 0.15) is 11.0 Å². The van der Waals surface area contributed by atoms with Crippen molar-refractivity contribution in [3.05, 3.63) is 11.5 Å². The first kappa shape index (κ1) is 6.22. The average Bonchev–Trinajstić information content (AvgIpc) is 2.04. The van der Waals surface area contributed by atoms with Crippen LogP contribution in [0.15, 0.2) is 11.5 Å². The van der Waals surface area contributed by atoms with Crippen LogP contribution in [0.4, 0.5) is 0 Å². The SMILES string of the molecule is [2H]/C(=C\SC)[C@@]([2H])(O)[C@@]([2H])(O)C(C)=O. The van der Waals surface area contributed by atoms with Gasteiger partial charge in [-0.25, -0.2) is 0 Å². The van der Waals surface area contributed by atoms with E-state index in [9.17, 15) is 15.0 Å². The molecular formula is C7H12O3S. The van der Waals surface area contributed by atoms with Crippen molar-refractivity contribution < 1.29 is 19.1 Å². The average molecular weight is 179 g/mol. The Morgan fingerprint density at radius 2 is 2.36 bits per heavy atom. The Bertz CT molecular complexity index is 263. The molecule has 2 N–H and O–H groups in total. The summed E-state index contributed by atoms with van der Waals surface area (Å²) in [6.07, 6.45) is -4.38. The molecule has 0 saturated heterocycles. The summed E-state index contributed by atoms with van der Waals surface area (Å²) in [6.45, 7) is 0.874. The Kier molecular flexibility index (Phi) is 3.02. The molecule has 3 nitrogen and oxygen atoms in total. The van der Waals surface area contributed by atoms with Crippen molar-refractivity contribution in [3.8, 4) is 0 Å². The molecule has 0 radical (unpaired) electrons. The Balaban J connectivity index is 5.14. The summed E-state index contributed by atoms with van der Waals surface area (Å²) >= 11 is 1.03. The fraction of sp³-hybridized carbons (Fsp3) is 0.571. The normalized spacial score (nSPS) is 27.3. The number of rotatable bonds is 4. The molecule has 0 amide bonds. The third kappa shape index (κ3) is 4.19. The van der Waals surface area contributed by atoms with Gasteiger partial charge in [-0.3, -0.25) is 4.79 Å². The van der Waals surface area contributed by atoms with Crippen molar-refractivity contribution in [2.24, 2.45) is 0 Å². The first-order valence-corrected chi connectivity index (χ1v) is 4.12. The van der Waals surface area contributed by atoms with Gasteiger partial charge in [0.1, 0.15) is 12.2 Å². The van der Waals surface area contributed by atoms with E-state index in [1.165, 1.54) is 0 Å². The highest BCUT2D eigenvalue weighted by atomic mass is 32.2. The van der Waals surface area contributed by atoms with Crippen LogP contribution < -0.4 is 0 Å². The first-order chi connectivity index (χ1) is 6.17. The van der Waals surface area contributed by atoms with Crippen molar-refractivity contribution in [2.45, 2.75) is 19.1 Å². The maximum atomic E-state index is 10.8. The zero-order chi connectivity index (χ0) is 11.6. The Morgan fingerprint density at radius 3 is 2.73 bits per heavy atom. The maximum absolute atomic E-state index is 10.8. The third-order valence-electron chi connectivity index (χ3n) is 0.871. The molecule has 0 rings (SSSR count). The summed E-state index contributed by atoms with van der Waals surface area (Å²) in [5, 5.41) is 19.7. The van der Waals surface area contributed by atoms with Gasteiger partial charge in [-0.1, -0.05) is 0 Å². The molecule has 0 aliphatic carbocycles. The van der Waals surface area contributed by atoms with Crippen molar-refractivity contribution in [1.29, 1.82) is 0 Å². The van der Waals surface area contributed by atoms with E-state index in [0.29, 0.717) is 0 Å². The van der Waals surface area contributed by atoms with Crippen LogP contribution in [0, 0.1) is 0 Å². The number of ketones is 1. The van der Waals surface area contributed by atoms with Crippen molar-refractivity contribution >= 4 is 17.5 Å². The molecule has 0 heterocycles. The van der Waals surface area contributed by atoms with Gasteiger partial charge in [0, 0.05) is 0 Å². The van der Waals surface area contributed by atoms with Gasteiger partial charge in [0.25, 0.3) is 0 Å². The summed E-state index contributed by atoms with van der Waals surface area (Å²) in [4.78, 5) is 10.8. The van der Waals surface area contributed by atoms with Gasteiger partial charge in [0.15, 0.2) is 5.78 Å². The highest BCUT2D eigenvalue weighted by Gasteiger charge is 2.17. The van der Waals surface area contributed by atoms with Gasteiger partial charge < -0.3 is 10.2 Å². The number of aliphatic hydroxyl groups is 2. The fourth-order valence-corrected chi connectivity index (χ4v) is 0.579. The van der Waals surface area contributed by atoms with Gasteiger partial charge in [-0.05, 0) is 24.6 Å². The second kappa shape index (κ2) is 5.35. The third-order valence-corrected chi connectivity index (χ3v) is 1.22. The molecule has 0 aliphatic rings. The van der Waals surface area contributed by atoms with Crippen molar-refractivity contribution in [1.82, 2.24) is 0 Å². The second-order valence-corrected chi connectivity index (χ2v) is 2.46. The topological polar surface area (TPSA) is 57.5 Å². The van der Waals surface area contributed by atoms with E-state index in [2.05, 4.69) is 0 Å². The van der Waals surface area contributed by atoms with E-state index in [1.807, 2.05) is 0 Å². The zero-order valence-corrected chi connectivity index (χ0v) is 7.10. The fourth-order valence-electron chi connectivity index (χ4n) is 0.350. The summed E-state index contributed by atoms with van der Waals surface area (Å²) < 4.78 is 21.5. The van der Waals surface area contributed by atoms with Gasteiger partial charge in [0.2, 0.25) is 0 Å².